The molecular formula is C15H22N2O2. The van der Waals surface area contributed by atoms with Gasteiger partial charge in [-0.05, 0) is 43.6 Å². The van der Waals surface area contributed by atoms with Crippen molar-refractivity contribution in [1.82, 2.24) is 4.90 Å². The summed E-state index contributed by atoms with van der Waals surface area (Å²) in [7, 11) is 0. The zero-order valence-corrected chi connectivity index (χ0v) is 11.3. The van der Waals surface area contributed by atoms with Crippen LogP contribution < -0.4 is 15.2 Å². The smallest absolute Gasteiger partial charge is 0.231 e. The predicted octanol–water partition coefficient (Wildman–Crippen LogP) is 2.29. The highest BCUT2D eigenvalue weighted by atomic mass is 16.7. The summed E-state index contributed by atoms with van der Waals surface area (Å²) in [5, 5.41) is 0. The molecule has 1 unspecified atom stereocenters. The average Bonchev–Trinajstić information content (AvgIpc) is 2.75. The topological polar surface area (TPSA) is 47.7 Å². The Bertz CT molecular complexity index is 428. The molecule has 2 aliphatic heterocycles. The summed E-state index contributed by atoms with van der Waals surface area (Å²) in [6.45, 7) is 3.61. The van der Waals surface area contributed by atoms with Crippen molar-refractivity contribution in [2.75, 3.05) is 26.4 Å². The maximum atomic E-state index is 6.33. The van der Waals surface area contributed by atoms with E-state index in [1.54, 1.807) is 0 Å². The summed E-state index contributed by atoms with van der Waals surface area (Å²) >= 11 is 0. The summed E-state index contributed by atoms with van der Waals surface area (Å²) in [5.74, 6) is 1.65. The standard InChI is InChI=1S/C15H22N2O2/c16-13(10-17-7-3-1-2-4-8-17)12-5-6-14-15(9-12)19-11-18-14/h5-6,9,13H,1-4,7-8,10-11,16H2. The van der Waals surface area contributed by atoms with Gasteiger partial charge in [-0.2, -0.15) is 0 Å². The number of hydrogen-bond donors (Lipinski definition) is 1. The molecule has 104 valence electrons. The van der Waals surface area contributed by atoms with Crippen LogP contribution in [0.5, 0.6) is 11.5 Å². The second kappa shape index (κ2) is 5.80. The largest absolute Gasteiger partial charge is 0.454 e. The second-order valence-electron chi connectivity index (χ2n) is 5.43. The number of ether oxygens (including phenoxy) is 2. The Labute approximate surface area is 114 Å². The molecule has 0 bridgehead atoms. The van der Waals surface area contributed by atoms with Crippen LogP contribution in [0.15, 0.2) is 18.2 Å². The van der Waals surface area contributed by atoms with Crippen LogP contribution in [0.4, 0.5) is 0 Å². The SMILES string of the molecule is NC(CN1CCCCCC1)c1ccc2c(c1)OCO2. The van der Waals surface area contributed by atoms with Gasteiger partial charge in [0.1, 0.15) is 0 Å². The zero-order valence-electron chi connectivity index (χ0n) is 11.3. The normalized spacial score (nSPS) is 21.1. The van der Waals surface area contributed by atoms with Gasteiger partial charge in [-0.3, -0.25) is 0 Å². The van der Waals surface area contributed by atoms with Crippen LogP contribution in [0.2, 0.25) is 0 Å². The number of nitrogens with two attached hydrogens (primary N) is 1. The van der Waals surface area contributed by atoms with Crippen molar-refractivity contribution in [3.63, 3.8) is 0 Å². The number of rotatable bonds is 3. The third-order valence-electron chi connectivity index (χ3n) is 3.98. The lowest BCUT2D eigenvalue weighted by Crippen LogP contribution is -2.32. The number of likely N-dealkylation sites (tertiary alicyclic amines) is 1. The second-order valence-corrected chi connectivity index (χ2v) is 5.43. The molecule has 1 atom stereocenters. The van der Waals surface area contributed by atoms with Crippen molar-refractivity contribution in [2.45, 2.75) is 31.7 Å². The van der Waals surface area contributed by atoms with E-state index in [0.717, 1.165) is 23.6 Å². The van der Waals surface area contributed by atoms with Crippen molar-refractivity contribution in [1.29, 1.82) is 0 Å². The maximum absolute atomic E-state index is 6.33. The number of fused-ring (bicyclic) bond motifs is 1. The van der Waals surface area contributed by atoms with Crippen LogP contribution in [0.3, 0.4) is 0 Å². The van der Waals surface area contributed by atoms with Crippen LogP contribution in [0.1, 0.15) is 37.3 Å². The van der Waals surface area contributed by atoms with Crippen LogP contribution in [0.25, 0.3) is 0 Å². The lowest BCUT2D eigenvalue weighted by atomic mass is 10.1. The quantitative estimate of drug-likeness (QED) is 0.908. The molecule has 19 heavy (non-hydrogen) atoms. The average molecular weight is 262 g/mol. The molecule has 0 aliphatic carbocycles. The van der Waals surface area contributed by atoms with Gasteiger partial charge < -0.3 is 20.1 Å². The van der Waals surface area contributed by atoms with Gasteiger partial charge in [-0.25, -0.2) is 0 Å². The highest BCUT2D eigenvalue weighted by Crippen LogP contribution is 2.34. The molecular weight excluding hydrogens is 240 g/mol. The summed E-state index contributed by atoms with van der Waals surface area (Å²) < 4.78 is 10.7. The van der Waals surface area contributed by atoms with E-state index in [1.807, 2.05) is 12.1 Å². The summed E-state index contributed by atoms with van der Waals surface area (Å²) in [4.78, 5) is 2.49. The van der Waals surface area contributed by atoms with Crippen LogP contribution in [0, 0.1) is 0 Å². The molecule has 4 nitrogen and oxygen atoms in total. The molecule has 2 aliphatic rings. The van der Waals surface area contributed by atoms with Gasteiger partial charge in [0.05, 0.1) is 0 Å². The minimum absolute atomic E-state index is 0.0487. The Morgan fingerprint density at radius 1 is 1.05 bits per heavy atom. The van der Waals surface area contributed by atoms with Gasteiger partial charge in [0, 0.05) is 12.6 Å². The van der Waals surface area contributed by atoms with Crippen LogP contribution >= 0.6 is 0 Å². The van der Waals surface area contributed by atoms with E-state index in [1.165, 1.54) is 38.8 Å². The van der Waals surface area contributed by atoms with E-state index < -0.39 is 0 Å². The molecule has 1 aromatic carbocycles. The van der Waals surface area contributed by atoms with E-state index in [2.05, 4.69) is 11.0 Å². The lowest BCUT2D eigenvalue weighted by Gasteiger charge is -2.24. The minimum Gasteiger partial charge on any atom is -0.454 e. The van der Waals surface area contributed by atoms with Crippen molar-refractivity contribution in [2.24, 2.45) is 5.73 Å². The molecule has 1 saturated heterocycles. The fourth-order valence-corrected chi connectivity index (χ4v) is 2.85. The fourth-order valence-electron chi connectivity index (χ4n) is 2.85. The first-order valence-electron chi connectivity index (χ1n) is 7.20. The third-order valence-corrected chi connectivity index (χ3v) is 3.98. The molecule has 2 heterocycles. The Morgan fingerprint density at radius 3 is 2.58 bits per heavy atom. The molecule has 0 radical (unpaired) electrons. The Hall–Kier alpha value is -1.26. The van der Waals surface area contributed by atoms with Gasteiger partial charge in [0.25, 0.3) is 0 Å². The number of nitrogens with zero attached hydrogens (tertiary/aromatic N) is 1. The lowest BCUT2D eigenvalue weighted by molar-refractivity contribution is 0.174. The van der Waals surface area contributed by atoms with Crippen molar-refractivity contribution in [3.8, 4) is 11.5 Å². The van der Waals surface area contributed by atoms with Gasteiger partial charge in [-0.1, -0.05) is 18.9 Å². The van der Waals surface area contributed by atoms with E-state index in [9.17, 15) is 0 Å². The number of benzene rings is 1. The summed E-state index contributed by atoms with van der Waals surface area (Å²) in [6.07, 6.45) is 5.31. The molecule has 0 saturated carbocycles. The van der Waals surface area contributed by atoms with Gasteiger partial charge >= 0.3 is 0 Å². The minimum atomic E-state index is 0.0487. The molecule has 4 heteroatoms. The Balaban J connectivity index is 1.64. The molecule has 0 spiro atoms. The predicted molar refractivity (Wildman–Crippen MR) is 74.4 cm³/mol. The molecule has 1 aromatic rings. The van der Waals surface area contributed by atoms with Gasteiger partial charge in [0.15, 0.2) is 11.5 Å². The first-order valence-corrected chi connectivity index (χ1v) is 7.20. The third kappa shape index (κ3) is 3.01. The fraction of sp³-hybridized carbons (Fsp3) is 0.600. The van der Waals surface area contributed by atoms with Crippen LogP contribution in [-0.2, 0) is 0 Å². The molecule has 3 rings (SSSR count). The van der Waals surface area contributed by atoms with Gasteiger partial charge in [0.2, 0.25) is 6.79 Å². The van der Waals surface area contributed by atoms with E-state index in [4.69, 9.17) is 15.2 Å². The zero-order chi connectivity index (χ0) is 13.1. The highest BCUT2D eigenvalue weighted by molar-refractivity contribution is 5.45. The van der Waals surface area contributed by atoms with E-state index >= 15 is 0 Å². The number of hydrogen-bond acceptors (Lipinski definition) is 4. The van der Waals surface area contributed by atoms with Crippen molar-refractivity contribution >= 4 is 0 Å². The Morgan fingerprint density at radius 2 is 1.79 bits per heavy atom. The maximum Gasteiger partial charge on any atom is 0.231 e. The molecule has 0 aromatic heterocycles. The molecule has 2 N–H and O–H groups in total. The Kier molecular flexibility index (Phi) is 3.89. The molecule has 0 amide bonds. The first kappa shape index (κ1) is 12.8. The molecule has 1 fully saturated rings. The summed E-state index contributed by atoms with van der Waals surface area (Å²) in [5.41, 5.74) is 7.47. The summed E-state index contributed by atoms with van der Waals surface area (Å²) in [6, 6.07) is 6.08. The van der Waals surface area contributed by atoms with Crippen molar-refractivity contribution < 1.29 is 9.47 Å². The first-order chi connectivity index (χ1) is 9.33. The van der Waals surface area contributed by atoms with Crippen LogP contribution in [-0.4, -0.2) is 31.3 Å². The highest BCUT2D eigenvalue weighted by Gasteiger charge is 2.18. The van der Waals surface area contributed by atoms with Gasteiger partial charge in [-0.15, -0.1) is 0 Å². The van der Waals surface area contributed by atoms with Crippen molar-refractivity contribution in [3.05, 3.63) is 23.8 Å². The van der Waals surface area contributed by atoms with E-state index in [0.29, 0.717) is 6.79 Å². The van der Waals surface area contributed by atoms with E-state index in [-0.39, 0.29) is 6.04 Å². The monoisotopic (exact) mass is 262 g/mol.